The first kappa shape index (κ1) is 16.1. The van der Waals surface area contributed by atoms with Gasteiger partial charge in [-0.25, -0.2) is 4.57 Å². The number of fused-ring (bicyclic) bond motifs is 1. The average Bonchev–Trinajstić information content (AvgIpc) is 2.81. The highest BCUT2D eigenvalue weighted by Gasteiger charge is 2.25. The van der Waals surface area contributed by atoms with Crippen LogP contribution < -0.4 is 15.0 Å². The molecule has 0 aromatic carbocycles. The van der Waals surface area contributed by atoms with Crippen LogP contribution >= 0.6 is 7.60 Å². The van der Waals surface area contributed by atoms with Crippen molar-refractivity contribution in [3.63, 3.8) is 0 Å². The Kier molecular flexibility index (Phi) is 4.49. The number of imidazole rings is 1. The number of ether oxygens (including phenoxy) is 2. The summed E-state index contributed by atoms with van der Waals surface area (Å²) < 4.78 is 23.3. The molecule has 0 unspecified atom stereocenters. The minimum absolute atomic E-state index is 0.108. The van der Waals surface area contributed by atoms with Gasteiger partial charge in [0, 0.05) is 0 Å². The third-order valence-electron chi connectivity index (χ3n) is 3.58. The van der Waals surface area contributed by atoms with Crippen LogP contribution in [0.5, 0.6) is 5.88 Å². The number of rotatable bonds is 7. The maximum Gasteiger partial charge on any atom is 0.350 e. The molecule has 11 heteroatoms. The number of nitrogens with two attached hydrogens (primary N) is 1. The summed E-state index contributed by atoms with van der Waals surface area (Å²) in [7, 11) is -4.15. The molecule has 0 aliphatic heterocycles. The van der Waals surface area contributed by atoms with E-state index in [2.05, 4.69) is 15.0 Å². The molecule has 0 atom stereocenters. The molecule has 0 spiro atoms. The van der Waals surface area contributed by atoms with E-state index < -0.39 is 13.9 Å². The van der Waals surface area contributed by atoms with E-state index in [1.807, 2.05) is 0 Å². The largest absolute Gasteiger partial charge is 0.472 e. The van der Waals surface area contributed by atoms with E-state index in [9.17, 15) is 4.57 Å². The number of aromatic amines is 1. The quantitative estimate of drug-likeness (QED) is 0.309. The predicted molar refractivity (Wildman–Crippen MR) is 79.6 cm³/mol. The summed E-state index contributed by atoms with van der Waals surface area (Å²) in [5.41, 5.74) is 6.94. The topological polar surface area (TPSA) is 147 Å². The summed E-state index contributed by atoms with van der Waals surface area (Å²) in [5, 5.41) is 0. The lowest BCUT2D eigenvalue weighted by Crippen LogP contribution is -2.35. The molecular weight excluding hydrogens is 325 g/mol. The zero-order valence-electron chi connectivity index (χ0n) is 12.4. The molecule has 3 rings (SSSR count). The van der Waals surface area contributed by atoms with Crippen molar-refractivity contribution < 1.29 is 28.4 Å². The first-order chi connectivity index (χ1) is 10.9. The summed E-state index contributed by atoms with van der Waals surface area (Å²) in [6.07, 6.45) is 4.38. The van der Waals surface area contributed by atoms with Gasteiger partial charge in [-0.1, -0.05) is 4.98 Å². The summed E-state index contributed by atoms with van der Waals surface area (Å²) in [6, 6.07) is 0. The fourth-order valence-electron chi connectivity index (χ4n) is 2.23. The Morgan fingerprint density at radius 3 is 2.87 bits per heavy atom. The van der Waals surface area contributed by atoms with Gasteiger partial charge >= 0.3 is 19.2 Å². The van der Waals surface area contributed by atoms with Gasteiger partial charge in [-0.2, -0.15) is 4.98 Å². The summed E-state index contributed by atoms with van der Waals surface area (Å²) in [6.45, 7) is 0.491. The van der Waals surface area contributed by atoms with Crippen LogP contribution in [0.4, 0.5) is 5.95 Å². The average molecular weight is 344 g/mol. The van der Waals surface area contributed by atoms with Gasteiger partial charge in [0.05, 0.1) is 13.2 Å². The van der Waals surface area contributed by atoms with Crippen LogP contribution in [0.1, 0.15) is 19.3 Å². The zero-order chi connectivity index (χ0) is 16.4. The van der Waals surface area contributed by atoms with Gasteiger partial charge in [0.2, 0.25) is 5.52 Å². The fraction of sp³-hybridized carbons (Fsp3) is 0.583. The van der Waals surface area contributed by atoms with Crippen LogP contribution in [-0.4, -0.2) is 43.8 Å². The fourth-order valence-corrected chi connectivity index (χ4v) is 2.60. The number of hydrogen-bond donors (Lipinski definition) is 4. The Bertz CT molecular complexity index is 741. The van der Waals surface area contributed by atoms with Crippen molar-refractivity contribution >= 4 is 24.7 Å². The van der Waals surface area contributed by atoms with E-state index in [0.29, 0.717) is 23.6 Å². The Labute approximate surface area is 131 Å². The molecule has 1 saturated carbocycles. The van der Waals surface area contributed by atoms with Gasteiger partial charge in [-0.15, -0.1) is 0 Å². The smallest absolute Gasteiger partial charge is 0.350 e. The molecule has 0 amide bonds. The van der Waals surface area contributed by atoms with Gasteiger partial charge in [0.25, 0.3) is 5.88 Å². The molecule has 126 valence electrons. The molecular formula is C12H19N5O5P+. The lowest BCUT2D eigenvalue weighted by atomic mass is 9.96. The van der Waals surface area contributed by atoms with Crippen LogP contribution in [0.15, 0.2) is 6.33 Å². The number of nitrogens with zero attached hydrogens (tertiary/aromatic N) is 3. The van der Waals surface area contributed by atoms with Gasteiger partial charge in [0.15, 0.2) is 6.33 Å². The van der Waals surface area contributed by atoms with Crippen molar-refractivity contribution in [1.82, 2.24) is 15.0 Å². The molecule has 5 N–H and O–H groups in total. The molecule has 0 saturated heterocycles. The number of H-pyrrole nitrogens is 1. The molecule has 10 nitrogen and oxygen atoms in total. The number of aromatic nitrogens is 4. The molecule has 1 aliphatic carbocycles. The van der Waals surface area contributed by atoms with E-state index in [4.69, 9.17) is 25.0 Å². The van der Waals surface area contributed by atoms with Crippen LogP contribution in [-0.2, 0) is 15.8 Å². The second-order valence-corrected chi connectivity index (χ2v) is 7.01. The molecule has 1 fully saturated rings. The minimum atomic E-state index is -4.15. The van der Waals surface area contributed by atoms with E-state index in [-0.39, 0.29) is 18.7 Å². The Morgan fingerprint density at radius 2 is 2.22 bits per heavy atom. The second-order valence-electron chi connectivity index (χ2n) is 5.43. The van der Waals surface area contributed by atoms with Crippen molar-refractivity contribution in [3.05, 3.63) is 6.33 Å². The highest BCUT2D eigenvalue weighted by Crippen LogP contribution is 2.33. The van der Waals surface area contributed by atoms with Crippen LogP contribution in [0.3, 0.4) is 0 Å². The van der Waals surface area contributed by atoms with E-state index in [1.165, 1.54) is 0 Å². The van der Waals surface area contributed by atoms with Crippen molar-refractivity contribution in [2.24, 2.45) is 0 Å². The van der Waals surface area contributed by atoms with Crippen LogP contribution in [0.25, 0.3) is 11.2 Å². The summed E-state index contributed by atoms with van der Waals surface area (Å²) in [4.78, 5) is 28.9. The Morgan fingerprint density at radius 1 is 1.43 bits per heavy atom. The zero-order valence-corrected chi connectivity index (χ0v) is 13.3. The highest BCUT2D eigenvalue weighted by molar-refractivity contribution is 7.51. The normalized spacial score (nSPS) is 15.7. The van der Waals surface area contributed by atoms with Gasteiger partial charge in [-0.3, -0.25) is 9.55 Å². The number of nitrogens with one attached hydrogen (secondary N) is 1. The predicted octanol–water partition coefficient (Wildman–Crippen LogP) is -0.0893. The first-order valence-corrected chi connectivity index (χ1v) is 9.05. The first-order valence-electron chi connectivity index (χ1n) is 7.25. The maximum absolute atomic E-state index is 10.7. The van der Waals surface area contributed by atoms with Crippen LogP contribution in [0.2, 0.25) is 0 Å². The van der Waals surface area contributed by atoms with E-state index >= 15 is 0 Å². The minimum Gasteiger partial charge on any atom is -0.472 e. The van der Waals surface area contributed by atoms with Crippen molar-refractivity contribution in [2.75, 3.05) is 18.7 Å². The molecule has 1 aliphatic rings. The molecule has 2 heterocycles. The maximum atomic E-state index is 10.7. The van der Waals surface area contributed by atoms with E-state index in [0.717, 1.165) is 19.3 Å². The number of nitrogen functional groups attached to an aromatic ring is 1. The Hall–Kier alpha value is -1.74. The molecule has 2 aromatic rings. The van der Waals surface area contributed by atoms with Gasteiger partial charge < -0.3 is 25.0 Å². The Balaban J connectivity index is 1.72. The number of anilines is 1. The third-order valence-corrected chi connectivity index (χ3v) is 4.10. The SMILES string of the molecule is Nc1nc(OC2CCC2)c2[nH]c[n+](CCOCP(=O)(O)O)c2n1. The monoisotopic (exact) mass is 344 g/mol. The van der Waals surface area contributed by atoms with E-state index in [1.54, 1.807) is 10.9 Å². The molecule has 0 radical (unpaired) electrons. The highest BCUT2D eigenvalue weighted by atomic mass is 31.2. The van der Waals surface area contributed by atoms with Crippen molar-refractivity contribution in [1.29, 1.82) is 0 Å². The van der Waals surface area contributed by atoms with Gasteiger partial charge in [-0.05, 0) is 19.3 Å². The molecule has 2 aromatic heterocycles. The molecule has 23 heavy (non-hydrogen) atoms. The number of hydrogen-bond acceptors (Lipinski definition) is 6. The lowest BCUT2D eigenvalue weighted by Gasteiger charge is -2.25. The van der Waals surface area contributed by atoms with Gasteiger partial charge in [0.1, 0.15) is 12.5 Å². The summed E-state index contributed by atoms with van der Waals surface area (Å²) in [5.74, 6) is 0.531. The standard InChI is InChI=1S/C12H18N5O5P/c13-12-15-10-9(11(16-12)22-8-2-1-3-8)14-6-17(10)4-5-21-7-23(18,19)20/h6,8H,1-5,7H2,(H4,13,15,16,18,19,20)/p+1. The molecule has 0 bridgehead atoms. The second kappa shape index (κ2) is 6.40. The van der Waals surface area contributed by atoms with Crippen molar-refractivity contribution in [3.8, 4) is 5.88 Å². The lowest BCUT2D eigenvalue weighted by molar-refractivity contribution is -0.674. The summed E-state index contributed by atoms with van der Waals surface area (Å²) >= 11 is 0. The van der Waals surface area contributed by atoms with Crippen molar-refractivity contribution in [2.45, 2.75) is 31.9 Å². The van der Waals surface area contributed by atoms with Crippen LogP contribution in [0, 0.1) is 0 Å². The third kappa shape index (κ3) is 3.97.